The Bertz CT molecular complexity index is 343. The molecule has 4 nitrogen and oxygen atoms in total. The maximum Gasteiger partial charge on any atom is 0.327 e. The van der Waals surface area contributed by atoms with Crippen molar-refractivity contribution < 1.29 is 14.4 Å². The molecule has 1 saturated heterocycles. The van der Waals surface area contributed by atoms with E-state index in [-0.39, 0.29) is 24.2 Å². The van der Waals surface area contributed by atoms with Gasteiger partial charge < -0.3 is 4.74 Å². The summed E-state index contributed by atoms with van der Waals surface area (Å²) in [6.45, 7) is 11.3. The molecule has 0 bridgehead atoms. The van der Waals surface area contributed by atoms with Gasteiger partial charge in [0.1, 0.15) is 12.1 Å². The van der Waals surface area contributed by atoms with E-state index in [1.165, 1.54) is 12.8 Å². The van der Waals surface area contributed by atoms with Gasteiger partial charge in [-0.15, -0.1) is 0 Å². The van der Waals surface area contributed by atoms with Crippen molar-refractivity contribution >= 4 is 5.97 Å². The Hall–Kier alpha value is -0.610. The van der Waals surface area contributed by atoms with Gasteiger partial charge in [0.2, 0.25) is 0 Å². The molecule has 0 aromatic rings. The van der Waals surface area contributed by atoms with Crippen LogP contribution >= 0.6 is 0 Å². The zero-order valence-corrected chi connectivity index (χ0v) is 13.5. The number of carbonyl (C=O) groups excluding carboxylic acids is 1. The average Bonchev–Trinajstić information content (AvgIpc) is 3.07. The molecule has 2 fully saturated rings. The second kappa shape index (κ2) is 6.44. The van der Waals surface area contributed by atoms with E-state index in [0.29, 0.717) is 24.3 Å². The van der Waals surface area contributed by atoms with Crippen molar-refractivity contribution in [2.24, 2.45) is 17.8 Å². The number of carbonyl (C=O) groups is 1. The lowest BCUT2D eigenvalue weighted by atomic mass is 9.75. The van der Waals surface area contributed by atoms with Crippen molar-refractivity contribution in [1.29, 1.82) is 0 Å². The highest BCUT2D eigenvalue weighted by atomic mass is 16.7. The highest BCUT2D eigenvalue weighted by Gasteiger charge is 2.46. The van der Waals surface area contributed by atoms with Crippen LogP contribution in [-0.2, 0) is 14.4 Å². The molecule has 0 radical (unpaired) electrons. The van der Waals surface area contributed by atoms with Crippen LogP contribution in [0.1, 0.15) is 53.9 Å². The van der Waals surface area contributed by atoms with Crippen molar-refractivity contribution in [3.8, 4) is 0 Å². The van der Waals surface area contributed by atoms with Crippen LogP contribution in [0.2, 0.25) is 0 Å². The maximum absolute atomic E-state index is 12.2. The molecule has 116 valence electrons. The quantitative estimate of drug-likeness (QED) is 0.574. The maximum atomic E-state index is 12.2. The molecule has 1 aliphatic heterocycles. The molecule has 1 aliphatic carbocycles. The summed E-state index contributed by atoms with van der Waals surface area (Å²) < 4.78 is 5.81. The minimum Gasteiger partial charge on any atom is -0.461 e. The monoisotopic (exact) mass is 283 g/mol. The number of esters is 1. The van der Waals surface area contributed by atoms with Crippen molar-refractivity contribution in [1.82, 2.24) is 5.06 Å². The summed E-state index contributed by atoms with van der Waals surface area (Å²) in [5.74, 6) is 1.64. The first kappa shape index (κ1) is 15.8. The second-order valence-electron chi connectivity index (χ2n) is 7.07. The molecule has 0 amide bonds. The van der Waals surface area contributed by atoms with Gasteiger partial charge in [-0.2, -0.15) is 5.06 Å². The van der Waals surface area contributed by atoms with Crippen molar-refractivity contribution in [3.63, 3.8) is 0 Å². The van der Waals surface area contributed by atoms with E-state index in [1.54, 1.807) is 5.06 Å². The molecule has 1 heterocycles. The molecule has 2 aliphatic rings. The molecule has 20 heavy (non-hydrogen) atoms. The minimum atomic E-state index is -0.178. The number of nitrogens with zero attached hydrogens (tertiary/aromatic N) is 1. The Balaban J connectivity index is 1.86. The normalized spacial score (nSPS) is 37.2. The summed E-state index contributed by atoms with van der Waals surface area (Å²) in [7, 11) is 0. The lowest BCUT2D eigenvalue weighted by Crippen LogP contribution is -2.37. The molecular weight excluding hydrogens is 254 g/mol. The van der Waals surface area contributed by atoms with Crippen molar-refractivity contribution in [2.45, 2.75) is 72.1 Å². The Labute approximate surface area is 122 Å². The van der Waals surface area contributed by atoms with Gasteiger partial charge in [-0.05, 0) is 44.4 Å². The third kappa shape index (κ3) is 3.95. The summed E-state index contributed by atoms with van der Waals surface area (Å²) >= 11 is 0. The zero-order chi connectivity index (χ0) is 14.9. The predicted octanol–water partition coefficient (Wildman–Crippen LogP) is 3.01. The van der Waals surface area contributed by atoms with Gasteiger partial charge in [-0.3, -0.25) is 9.63 Å². The van der Waals surface area contributed by atoms with E-state index >= 15 is 0 Å². The van der Waals surface area contributed by atoms with Crippen molar-refractivity contribution in [3.05, 3.63) is 0 Å². The highest BCUT2D eigenvalue weighted by molar-refractivity contribution is 5.78. The summed E-state index contributed by atoms with van der Waals surface area (Å²) in [6.07, 6.45) is 3.64. The molecular formula is C16H29NO3. The van der Waals surface area contributed by atoms with Gasteiger partial charge in [-0.25, -0.2) is 0 Å². The fraction of sp³-hybridized carbons (Fsp3) is 0.938. The Kier molecular flexibility index (Phi) is 5.08. The van der Waals surface area contributed by atoms with Crippen LogP contribution in [0.5, 0.6) is 0 Å². The number of hydrogen-bond acceptors (Lipinski definition) is 4. The number of rotatable bonds is 5. The van der Waals surface area contributed by atoms with Gasteiger partial charge in [0.05, 0.1) is 12.6 Å². The minimum absolute atomic E-state index is 0.0905. The average molecular weight is 283 g/mol. The van der Waals surface area contributed by atoms with Gasteiger partial charge in [0, 0.05) is 0 Å². The van der Waals surface area contributed by atoms with Crippen molar-refractivity contribution in [2.75, 3.05) is 6.54 Å². The summed E-state index contributed by atoms with van der Waals surface area (Å²) in [4.78, 5) is 17.7. The largest absolute Gasteiger partial charge is 0.461 e. The van der Waals surface area contributed by atoms with E-state index in [9.17, 15) is 4.79 Å². The first-order valence-corrected chi connectivity index (χ1v) is 8.02. The molecule has 2 rings (SSSR count). The van der Waals surface area contributed by atoms with Crippen LogP contribution < -0.4 is 0 Å². The van der Waals surface area contributed by atoms with Crippen LogP contribution in [0, 0.1) is 17.8 Å². The smallest absolute Gasteiger partial charge is 0.327 e. The summed E-state index contributed by atoms with van der Waals surface area (Å²) in [6, 6.07) is -0.178. The number of hydroxylamine groups is 2. The molecule has 5 unspecified atom stereocenters. The molecule has 0 aromatic heterocycles. The Morgan fingerprint density at radius 1 is 1.20 bits per heavy atom. The summed E-state index contributed by atoms with van der Waals surface area (Å²) in [5.41, 5.74) is 0. The topological polar surface area (TPSA) is 38.5 Å². The van der Waals surface area contributed by atoms with Gasteiger partial charge in [0.25, 0.3) is 0 Å². The first-order chi connectivity index (χ1) is 9.38. The lowest BCUT2D eigenvalue weighted by Gasteiger charge is -2.36. The van der Waals surface area contributed by atoms with Gasteiger partial charge in [0.15, 0.2) is 0 Å². The molecule has 4 heteroatoms. The molecule has 0 N–H and O–H groups in total. The Morgan fingerprint density at radius 3 is 2.50 bits per heavy atom. The highest BCUT2D eigenvalue weighted by Crippen LogP contribution is 2.36. The van der Waals surface area contributed by atoms with Gasteiger partial charge in [-0.1, -0.05) is 27.2 Å². The van der Waals surface area contributed by atoms with E-state index in [2.05, 4.69) is 20.8 Å². The fourth-order valence-electron chi connectivity index (χ4n) is 3.18. The predicted molar refractivity (Wildman–Crippen MR) is 77.9 cm³/mol. The lowest BCUT2D eigenvalue weighted by molar-refractivity contribution is -0.165. The van der Waals surface area contributed by atoms with Crippen LogP contribution in [0.25, 0.3) is 0 Å². The zero-order valence-electron chi connectivity index (χ0n) is 13.5. The van der Waals surface area contributed by atoms with E-state index < -0.39 is 0 Å². The number of ether oxygens (including phenoxy) is 1. The third-order valence-corrected chi connectivity index (χ3v) is 4.41. The number of hydrogen-bond donors (Lipinski definition) is 0. The molecule has 1 saturated carbocycles. The Morgan fingerprint density at radius 2 is 1.90 bits per heavy atom. The van der Waals surface area contributed by atoms with E-state index in [4.69, 9.17) is 9.57 Å². The van der Waals surface area contributed by atoms with Gasteiger partial charge >= 0.3 is 5.97 Å². The first-order valence-electron chi connectivity index (χ1n) is 8.02. The third-order valence-electron chi connectivity index (χ3n) is 4.41. The molecule has 0 spiro atoms. The van der Waals surface area contributed by atoms with Crippen LogP contribution in [-0.4, -0.2) is 35.8 Å². The van der Waals surface area contributed by atoms with Crippen LogP contribution in [0.4, 0.5) is 0 Å². The van der Waals surface area contributed by atoms with Crippen LogP contribution in [0.3, 0.4) is 0 Å². The SMILES string of the molecule is CC1CCC(C(C)C)C(OC(=O)C2CN2OC(C)C)C1. The summed E-state index contributed by atoms with van der Waals surface area (Å²) in [5, 5.41) is 1.73. The standard InChI is InChI=1S/C16H29NO3/c1-10(2)13-7-6-12(5)8-15(13)19-16(18)14-9-17(14)20-11(3)4/h10-15H,6-9H2,1-5H3. The van der Waals surface area contributed by atoms with Crippen LogP contribution in [0.15, 0.2) is 0 Å². The fourth-order valence-corrected chi connectivity index (χ4v) is 3.18. The molecule has 0 aromatic carbocycles. The second-order valence-corrected chi connectivity index (χ2v) is 7.07. The molecule has 5 atom stereocenters. The van der Waals surface area contributed by atoms with E-state index in [1.807, 2.05) is 13.8 Å². The van der Waals surface area contributed by atoms with E-state index in [0.717, 1.165) is 6.42 Å².